The lowest BCUT2D eigenvalue weighted by Gasteiger charge is -2.21. The van der Waals surface area contributed by atoms with Gasteiger partial charge in [-0.2, -0.15) is 0 Å². The molecule has 10 heavy (non-hydrogen) atoms. The highest BCUT2D eigenvalue weighted by atomic mass is 16.4. The van der Waals surface area contributed by atoms with Gasteiger partial charge < -0.3 is 20.4 Å². The third-order valence-corrected chi connectivity index (χ3v) is 1.02. The van der Waals surface area contributed by atoms with Gasteiger partial charge in [-0.05, 0) is 0 Å². The van der Waals surface area contributed by atoms with Crippen LogP contribution in [-0.2, 0) is 4.79 Å². The van der Waals surface area contributed by atoms with E-state index >= 15 is 0 Å². The quantitative estimate of drug-likeness (QED) is 0.275. The zero-order valence-electron chi connectivity index (χ0n) is 5.06. The first-order chi connectivity index (χ1) is 4.42. The van der Waals surface area contributed by atoms with Gasteiger partial charge in [0, 0.05) is 0 Å². The lowest BCUT2D eigenvalue weighted by atomic mass is 10.1. The van der Waals surface area contributed by atoms with E-state index in [9.17, 15) is 4.79 Å². The van der Waals surface area contributed by atoms with Crippen molar-refractivity contribution in [3.8, 4) is 0 Å². The van der Waals surface area contributed by atoms with Crippen LogP contribution in [0.4, 0.5) is 0 Å². The molecule has 0 aliphatic rings. The smallest absolute Gasteiger partial charge is 0.353 e. The van der Waals surface area contributed by atoms with Crippen molar-refractivity contribution in [2.24, 2.45) is 5.73 Å². The summed E-state index contributed by atoms with van der Waals surface area (Å²) in [6.45, 7) is -0.903. The molecule has 0 aromatic heterocycles. The van der Waals surface area contributed by atoms with Crippen LogP contribution in [0.15, 0.2) is 0 Å². The third kappa shape index (κ3) is 1.64. The molecule has 6 N–H and O–H groups in total. The highest BCUT2D eigenvalue weighted by molar-refractivity contribution is 5.76. The molecule has 0 radical (unpaired) electrons. The fourth-order valence-corrected chi connectivity index (χ4v) is 0.282. The van der Waals surface area contributed by atoms with E-state index in [4.69, 9.17) is 20.4 Å². The first-order valence-corrected chi connectivity index (χ1v) is 2.46. The van der Waals surface area contributed by atoms with Gasteiger partial charge in [-0.25, -0.2) is 4.79 Å². The Morgan fingerprint density at radius 3 is 2.20 bits per heavy atom. The summed E-state index contributed by atoms with van der Waals surface area (Å²) in [5.74, 6) is -1.78. The standard InChI is InChI=1S/C4H9NO5/c5-4(10,3(8)9)2(7)1-6/h2,6-7,10H,1,5H2,(H,8,9). The SMILES string of the molecule is NC(O)(C(=O)O)C(O)CO. The Hall–Kier alpha value is -0.690. The van der Waals surface area contributed by atoms with Crippen LogP contribution in [0.2, 0.25) is 0 Å². The summed E-state index contributed by atoms with van der Waals surface area (Å²) < 4.78 is 0. The molecular weight excluding hydrogens is 142 g/mol. The molecule has 0 aromatic carbocycles. The van der Waals surface area contributed by atoms with Crippen molar-refractivity contribution in [1.29, 1.82) is 0 Å². The van der Waals surface area contributed by atoms with E-state index in [2.05, 4.69) is 5.73 Å². The number of carboxylic acid groups (broad SMARTS) is 1. The Labute approximate surface area is 56.5 Å². The molecule has 0 amide bonds. The van der Waals surface area contributed by atoms with Gasteiger partial charge in [0.2, 0.25) is 5.72 Å². The first kappa shape index (κ1) is 9.31. The van der Waals surface area contributed by atoms with Crippen molar-refractivity contribution < 1.29 is 25.2 Å². The maximum absolute atomic E-state index is 9.98. The summed E-state index contributed by atoms with van der Waals surface area (Å²) in [7, 11) is 0. The van der Waals surface area contributed by atoms with Crippen molar-refractivity contribution >= 4 is 5.97 Å². The maximum Gasteiger partial charge on any atom is 0.353 e. The Balaban J connectivity index is 4.23. The summed E-state index contributed by atoms with van der Waals surface area (Å²) in [5.41, 5.74) is 1.89. The predicted octanol–water partition coefficient (Wildman–Crippen LogP) is -2.93. The molecule has 2 atom stereocenters. The van der Waals surface area contributed by atoms with Gasteiger partial charge in [0.25, 0.3) is 0 Å². The maximum atomic E-state index is 9.98. The van der Waals surface area contributed by atoms with Crippen molar-refractivity contribution in [2.75, 3.05) is 6.61 Å². The van der Waals surface area contributed by atoms with Crippen LogP contribution >= 0.6 is 0 Å². The molecule has 0 aliphatic heterocycles. The number of rotatable bonds is 3. The average Bonchev–Trinajstić information content (AvgIpc) is 1.86. The molecule has 6 nitrogen and oxygen atoms in total. The summed E-state index contributed by atoms with van der Waals surface area (Å²) in [4.78, 5) is 9.98. The fraction of sp³-hybridized carbons (Fsp3) is 0.750. The zero-order valence-corrected chi connectivity index (χ0v) is 5.06. The number of nitrogens with two attached hydrogens (primary N) is 1. The average molecular weight is 151 g/mol. The Morgan fingerprint density at radius 2 is 2.10 bits per heavy atom. The van der Waals surface area contributed by atoms with E-state index in [0.717, 1.165) is 0 Å². The summed E-state index contributed by atoms with van der Waals surface area (Å²) >= 11 is 0. The molecule has 2 unspecified atom stereocenters. The van der Waals surface area contributed by atoms with Crippen LogP contribution in [-0.4, -0.2) is 44.8 Å². The normalized spacial score (nSPS) is 19.6. The number of carboxylic acids is 1. The summed E-state index contributed by atoms with van der Waals surface area (Å²) in [6, 6.07) is 0. The number of aliphatic carboxylic acids is 1. The molecule has 6 heteroatoms. The number of hydrogen-bond acceptors (Lipinski definition) is 5. The van der Waals surface area contributed by atoms with Crippen LogP contribution < -0.4 is 5.73 Å². The van der Waals surface area contributed by atoms with E-state index in [1.165, 1.54) is 0 Å². The van der Waals surface area contributed by atoms with Gasteiger partial charge in [-0.3, -0.25) is 5.73 Å². The van der Waals surface area contributed by atoms with Gasteiger partial charge in [0.05, 0.1) is 6.61 Å². The highest BCUT2D eigenvalue weighted by Crippen LogP contribution is 2.01. The Kier molecular flexibility index (Phi) is 2.73. The van der Waals surface area contributed by atoms with Crippen LogP contribution in [0.1, 0.15) is 0 Å². The lowest BCUT2D eigenvalue weighted by Crippen LogP contribution is -2.58. The largest absolute Gasteiger partial charge is 0.478 e. The summed E-state index contributed by atoms with van der Waals surface area (Å²) in [5, 5.41) is 33.4. The van der Waals surface area contributed by atoms with Crippen LogP contribution in [0.3, 0.4) is 0 Å². The number of aliphatic hydroxyl groups is 3. The molecule has 0 fully saturated rings. The summed E-state index contributed by atoms with van der Waals surface area (Å²) in [6.07, 6.45) is -1.87. The van der Waals surface area contributed by atoms with Crippen molar-refractivity contribution in [3.63, 3.8) is 0 Å². The molecule has 0 aliphatic carbocycles. The molecule has 0 saturated heterocycles. The second kappa shape index (κ2) is 2.93. The van der Waals surface area contributed by atoms with Crippen molar-refractivity contribution in [3.05, 3.63) is 0 Å². The van der Waals surface area contributed by atoms with E-state index in [0.29, 0.717) is 0 Å². The molecule has 0 spiro atoms. The van der Waals surface area contributed by atoms with Gasteiger partial charge in [-0.15, -0.1) is 0 Å². The molecule has 0 aromatic rings. The van der Waals surface area contributed by atoms with E-state index in [1.807, 2.05) is 0 Å². The Bertz CT molecular complexity index is 134. The number of aliphatic hydroxyl groups excluding tert-OH is 2. The number of carbonyl (C=O) groups is 1. The molecule has 0 rings (SSSR count). The van der Waals surface area contributed by atoms with Gasteiger partial charge in [0.15, 0.2) is 0 Å². The van der Waals surface area contributed by atoms with Crippen LogP contribution in [0, 0.1) is 0 Å². The Morgan fingerprint density at radius 1 is 1.70 bits per heavy atom. The minimum Gasteiger partial charge on any atom is -0.478 e. The second-order valence-corrected chi connectivity index (χ2v) is 1.83. The third-order valence-electron chi connectivity index (χ3n) is 1.02. The molecule has 0 heterocycles. The molecule has 60 valence electrons. The molecule has 0 bridgehead atoms. The van der Waals surface area contributed by atoms with Gasteiger partial charge in [-0.1, -0.05) is 0 Å². The van der Waals surface area contributed by atoms with E-state index in [-0.39, 0.29) is 0 Å². The highest BCUT2D eigenvalue weighted by Gasteiger charge is 2.38. The lowest BCUT2D eigenvalue weighted by molar-refractivity contribution is -0.173. The predicted molar refractivity (Wildman–Crippen MR) is 29.9 cm³/mol. The second-order valence-electron chi connectivity index (χ2n) is 1.83. The van der Waals surface area contributed by atoms with E-state index in [1.54, 1.807) is 0 Å². The molecular formula is C4H9NO5. The van der Waals surface area contributed by atoms with Gasteiger partial charge in [0.1, 0.15) is 6.10 Å². The van der Waals surface area contributed by atoms with Crippen molar-refractivity contribution in [1.82, 2.24) is 0 Å². The minimum absolute atomic E-state index is 0.903. The van der Waals surface area contributed by atoms with E-state index < -0.39 is 24.4 Å². The van der Waals surface area contributed by atoms with Crippen LogP contribution in [0.5, 0.6) is 0 Å². The zero-order chi connectivity index (χ0) is 8.36. The van der Waals surface area contributed by atoms with Gasteiger partial charge >= 0.3 is 5.97 Å². The monoisotopic (exact) mass is 151 g/mol. The topological polar surface area (TPSA) is 124 Å². The van der Waals surface area contributed by atoms with Crippen LogP contribution in [0.25, 0.3) is 0 Å². The minimum atomic E-state index is -2.77. The first-order valence-electron chi connectivity index (χ1n) is 2.46. The fourth-order valence-electron chi connectivity index (χ4n) is 0.282. The molecule has 0 saturated carbocycles. The number of hydrogen-bond donors (Lipinski definition) is 5. The van der Waals surface area contributed by atoms with Crippen molar-refractivity contribution in [2.45, 2.75) is 11.8 Å².